The summed E-state index contributed by atoms with van der Waals surface area (Å²) in [5.41, 5.74) is 2.05. The van der Waals surface area contributed by atoms with Gasteiger partial charge in [0.05, 0.1) is 3.79 Å². The quantitative estimate of drug-likeness (QED) is 0.660. The maximum atomic E-state index is 10.3. The van der Waals surface area contributed by atoms with Crippen LogP contribution in [0.25, 0.3) is 0 Å². The number of hydrogen-bond donors (Lipinski definition) is 1. The topological polar surface area (TPSA) is 20.2 Å². The molecule has 2 rings (SSSR count). The first-order valence-electron chi connectivity index (χ1n) is 4.88. The third-order valence-corrected chi connectivity index (χ3v) is 6.38. The summed E-state index contributed by atoms with van der Waals surface area (Å²) >= 11 is 11.9. The first-order valence-corrected chi connectivity index (χ1v) is 8.07. The standard InChI is InChI=1S/C12H9Br3OS/c1-6-2-3-7(8(13)4-6)11(16)10-5-9(14)12(15)17-10/h2-5,11,16H,1H3. The summed E-state index contributed by atoms with van der Waals surface area (Å²) in [6, 6.07) is 7.90. The summed E-state index contributed by atoms with van der Waals surface area (Å²) in [4.78, 5) is 0.910. The molecule has 0 saturated carbocycles. The molecule has 0 amide bonds. The highest BCUT2D eigenvalue weighted by Crippen LogP contribution is 2.39. The van der Waals surface area contributed by atoms with Crippen LogP contribution in [-0.4, -0.2) is 5.11 Å². The van der Waals surface area contributed by atoms with Gasteiger partial charge in [0, 0.05) is 13.8 Å². The van der Waals surface area contributed by atoms with E-state index >= 15 is 0 Å². The molecule has 0 aliphatic carbocycles. The van der Waals surface area contributed by atoms with E-state index in [1.807, 2.05) is 31.2 Å². The van der Waals surface area contributed by atoms with Crippen LogP contribution >= 0.6 is 59.1 Å². The van der Waals surface area contributed by atoms with Crippen LogP contribution in [0.2, 0.25) is 0 Å². The van der Waals surface area contributed by atoms with Gasteiger partial charge in [-0.15, -0.1) is 11.3 Å². The van der Waals surface area contributed by atoms with Gasteiger partial charge in [-0.3, -0.25) is 0 Å². The Labute approximate surface area is 129 Å². The fraction of sp³-hybridized carbons (Fsp3) is 0.167. The number of aryl methyl sites for hydroxylation is 1. The van der Waals surface area contributed by atoms with Crippen molar-refractivity contribution in [3.63, 3.8) is 0 Å². The molecule has 0 radical (unpaired) electrons. The maximum absolute atomic E-state index is 10.3. The normalized spacial score (nSPS) is 12.8. The van der Waals surface area contributed by atoms with E-state index in [4.69, 9.17) is 0 Å². The highest BCUT2D eigenvalue weighted by molar-refractivity contribution is 9.13. The smallest absolute Gasteiger partial charge is 0.114 e. The molecule has 17 heavy (non-hydrogen) atoms. The van der Waals surface area contributed by atoms with Gasteiger partial charge in [-0.05, 0) is 62.0 Å². The van der Waals surface area contributed by atoms with E-state index in [1.165, 1.54) is 16.9 Å². The van der Waals surface area contributed by atoms with Crippen LogP contribution in [0, 0.1) is 6.92 Å². The fourth-order valence-electron chi connectivity index (χ4n) is 1.51. The molecule has 5 heteroatoms. The van der Waals surface area contributed by atoms with Crippen molar-refractivity contribution >= 4 is 59.1 Å². The zero-order valence-corrected chi connectivity index (χ0v) is 14.5. The second kappa shape index (κ2) is 5.53. The molecule has 0 spiro atoms. The minimum Gasteiger partial charge on any atom is -0.383 e. The number of rotatable bonds is 2. The van der Waals surface area contributed by atoms with Gasteiger partial charge in [0.1, 0.15) is 6.10 Å². The lowest BCUT2D eigenvalue weighted by Crippen LogP contribution is -1.98. The van der Waals surface area contributed by atoms with E-state index in [0.717, 1.165) is 23.2 Å². The Balaban J connectivity index is 2.39. The monoisotopic (exact) mass is 438 g/mol. The lowest BCUT2D eigenvalue weighted by Gasteiger charge is -2.11. The number of thiophene rings is 1. The first kappa shape index (κ1) is 13.7. The van der Waals surface area contributed by atoms with Gasteiger partial charge in [0.2, 0.25) is 0 Å². The average Bonchev–Trinajstić information content (AvgIpc) is 2.58. The average molecular weight is 441 g/mol. The molecular formula is C12H9Br3OS. The Morgan fingerprint density at radius 2 is 1.82 bits per heavy atom. The predicted octanol–water partition coefficient (Wildman–Crippen LogP) is 5.43. The second-order valence-corrected chi connectivity index (χ2v) is 7.81. The summed E-state index contributed by atoms with van der Waals surface area (Å²) in [7, 11) is 0. The Hall–Kier alpha value is 0.320. The highest BCUT2D eigenvalue weighted by atomic mass is 79.9. The third kappa shape index (κ3) is 3.01. The molecule has 2 aromatic rings. The van der Waals surface area contributed by atoms with Crippen LogP contribution in [0.1, 0.15) is 22.1 Å². The molecule has 0 bridgehead atoms. The number of aliphatic hydroxyl groups excluding tert-OH is 1. The van der Waals surface area contributed by atoms with Crippen LogP contribution in [0.5, 0.6) is 0 Å². The Morgan fingerprint density at radius 3 is 2.35 bits per heavy atom. The van der Waals surface area contributed by atoms with Gasteiger partial charge in [0.15, 0.2) is 0 Å². The van der Waals surface area contributed by atoms with Crippen LogP contribution in [0.4, 0.5) is 0 Å². The van der Waals surface area contributed by atoms with E-state index in [-0.39, 0.29) is 0 Å². The highest BCUT2D eigenvalue weighted by Gasteiger charge is 2.17. The number of halogens is 3. The first-order chi connectivity index (χ1) is 7.99. The Bertz CT molecular complexity index is 531. The van der Waals surface area contributed by atoms with Gasteiger partial charge in [0.25, 0.3) is 0 Å². The zero-order valence-electron chi connectivity index (χ0n) is 8.88. The van der Waals surface area contributed by atoms with Gasteiger partial charge in [-0.25, -0.2) is 0 Å². The summed E-state index contributed by atoms with van der Waals surface area (Å²) < 4.78 is 2.90. The molecule has 1 unspecified atom stereocenters. The van der Waals surface area contributed by atoms with E-state index in [2.05, 4.69) is 47.8 Å². The van der Waals surface area contributed by atoms with Crippen LogP contribution in [-0.2, 0) is 0 Å². The van der Waals surface area contributed by atoms with Gasteiger partial charge in [-0.2, -0.15) is 0 Å². The summed E-state index contributed by atoms with van der Waals surface area (Å²) in [6.07, 6.45) is -0.599. The van der Waals surface area contributed by atoms with Crippen molar-refractivity contribution in [2.75, 3.05) is 0 Å². The second-order valence-electron chi connectivity index (χ2n) is 3.70. The molecule has 0 aliphatic heterocycles. The molecule has 0 fully saturated rings. The summed E-state index contributed by atoms with van der Waals surface area (Å²) in [5, 5.41) is 10.3. The fourth-order valence-corrected chi connectivity index (χ4v) is 4.31. The summed E-state index contributed by atoms with van der Waals surface area (Å²) in [6.45, 7) is 2.03. The van der Waals surface area contributed by atoms with E-state index in [9.17, 15) is 5.11 Å². The molecule has 1 aromatic carbocycles. The zero-order chi connectivity index (χ0) is 12.6. The summed E-state index contributed by atoms with van der Waals surface area (Å²) in [5.74, 6) is 0. The number of hydrogen-bond acceptors (Lipinski definition) is 2. The van der Waals surface area contributed by atoms with Crippen molar-refractivity contribution in [1.29, 1.82) is 0 Å². The van der Waals surface area contributed by atoms with Crippen LogP contribution in [0.3, 0.4) is 0 Å². The van der Waals surface area contributed by atoms with Gasteiger partial charge >= 0.3 is 0 Å². The minimum atomic E-state index is -0.599. The third-order valence-electron chi connectivity index (χ3n) is 2.38. The van der Waals surface area contributed by atoms with Gasteiger partial charge < -0.3 is 5.11 Å². The van der Waals surface area contributed by atoms with Crippen molar-refractivity contribution in [2.45, 2.75) is 13.0 Å². The maximum Gasteiger partial charge on any atom is 0.114 e. The molecule has 1 nitrogen and oxygen atoms in total. The van der Waals surface area contributed by atoms with Crippen molar-refractivity contribution in [3.05, 3.63) is 53.0 Å². The SMILES string of the molecule is Cc1ccc(C(O)c2cc(Br)c(Br)s2)c(Br)c1. The Morgan fingerprint density at radius 1 is 1.12 bits per heavy atom. The number of aliphatic hydroxyl groups is 1. The van der Waals surface area contributed by atoms with Crippen molar-refractivity contribution in [3.8, 4) is 0 Å². The van der Waals surface area contributed by atoms with E-state index in [1.54, 1.807) is 0 Å². The molecule has 0 saturated heterocycles. The molecule has 1 heterocycles. The molecular weight excluding hydrogens is 432 g/mol. The van der Waals surface area contributed by atoms with Crippen molar-refractivity contribution in [2.24, 2.45) is 0 Å². The number of benzene rings is 1. The van der Waals surface area contributed by atoms with Crippen molar-refractivity contribution in [1.82, 2.24) is 0 Å². The van der Waals surface area contributed by atoms with Crippen molar-refractivity contribution < 1.29 is 5.11 Å². The molecule has 90 valence electrons. The largest absolute Gasteiger partial charge is 0.383 e. The Kier molecular flexibility index (Phi) is 4.47. The van der Waals surface area contributed by atoms with Crippen LogP contribution in [0.15, 0.2) is 37.0 Å². The van der Waals surface area contributed by atoms with E-state index < -0.39 is 6.10 Å². The van der Waals surface area contributed by atoms with Crippen LogP contribution < -0.4 is 0 Å². The lowest BCUT2D eigenvalue weighted by molar-refractivity contribution is 0.223. The molecule has 1 atom stereocenters. The molecule has 1 aromatic heterocycles. The molecule has 1 N–H and O–H groups in total. The minimum absolute atomic E-state index is 0.599. The lowest BCUT2D eigenvalue weighted by atomic mass is 10.1. The van der Waals surface area contributed by atoms with Gasteiger partial charge in [-0.1, -0.05) is 28.1 Å². The van der Waals surface area contributed by atoms with E-state index in [0.29, 0.717) is 0 Å². The molecule has 0 aliphatic rings. The predicted molar refractivity (Wildman–Crippen MR) is 82.7 cm³/mol.